The molecule has 0 bridgehead atoms. The summed E-state index contributed by atoms with van der Waals surface area (Å²) in [4.78, 5) is 0.152. The monoisotopic (exact) mass is 317 g/mol. The van der Waals surface area contributed by atoms with Crippen molar-refractivity contribution in [3.8, 4) is 0 Å². The van der Waals surface area contributed by atoms with E-state index in [1.807, 2.05) is 6.92 Å². The number of nitrogens with zero attached hydrogens (tertiary/aromatic N) is 1. The van der Waals surface area contributed by atoms with Gasteiger partial charge in [-0.3, -0.25) is 4.72 Å². The van der Waals surface area contributed by atoms with E-state index in [2.05, 4.69) is 15.9 Å². The van der Waals surface area contributed by atoms with Gasteiger partial charge in [0.1, 0.15) is 0 Å². The molecule has 0 heterocycles. The molecule has 2 aromatic carbocycles. The second-order valence-electron chi connectivity index (χ2n) is 4.68. The van der Waals surface area contributed by atoms with Crippen LogP contribution >= 0.6 is 0 Å². The van der Waals surface area contributed by atoms with Crippen molar-refractivity contribution in [1.29, 1.82) is 0 Å². The quantitative estimate of drug-likeness (QED) is 0.487. The molecule has 0 aromatic heterocycles. The first-order valence-corrected chi connectivity index (χ1v) is 8.36. The zero-order valence-corrected chi connectivity index (χ0v) is 13.0. The molecule has 2 rings (SSSR count). The Bertz CT molecular complexity index is 756. The summed E-state index contributed by atoms with van der Waals surface area (Å²) in [7, 11) is -3.70. The minimum atomic E-state index is -3.70. The molecule has 0 aliphatic carbocycles. The lowest BCUT2D eigenvalue weighted by Gasteiger charge is -2.13. The van der Waals surface area contributed by atoms with Crippen molar-refractivity contribution in [1.82, 2.24) is 0 Å². The van der Waals surface area contributed by atoms with Crippen LogP contribution in [0.5, 0.6) is 0 Å². The van der Waals surface area contributed by atoms with Gasteiger partial charge in [0.05, 0.1) is 16.3 Å². The molecule has 0 fully saturated rings. The first kappa shape index (κ1) is 16.0. The van der Waals surface area contributed by atoms with Gasteiger partial charge in [-0.25, -0.2) is 8.42 Å². The molecule has 1 radical (unpaired) electrons. The van der Waals surface area contributed by atoms with Gasteiger partial charge >= 0.3 is 0 Å². The summed E-state index contributed by atoms with van der Waals surface area (Å²) in [6, 6.07) is 15.7. The zero-order valence-electron chi connectivity index (χ0n) is 12.2. The normalized spacial score (nSPS) is 12.1. The molecule has 6 heteroatoms. The number of oxime groups is 1. The van der Waals surface area contributed by atoms with Crippen LogP contribution in [0.25, 0.3) is 0 Å². The van der Waals surface area contributed by atoms with Gasteiger partial charge in [0, 0.05) is 5.56 Å². The van der Waals surface area contributed by atoms with E-state index in [9.17, 15) is 8.42 Å². The summed E-state index contributed by atoms with van der Waals surface area (Å²) in [6.07, 6.45) is 1.34. The Kier molecular flexibility index (Phi) is 5.16. The average Bonchev–Trinajstić information content (AvgIpc) is 2.54. The number of hydrogen-bond acceptors (Lipinski definition) is 4. The molecule has 0 saturated carbocycles. The first-order chi connectivity index (χ1) is 10.6. The molecular formula is C16H17N2O3S. The highest BCUT2D eigenvalue weighted by Gasteiger charge is 2.17. The zero-order chi connectivity index (χ0) is 16.0. The number of anilines is 1. The molecule has 22 heavy (non-hydrogen) atoms. The van der Waals surface area contributed by atoms with Crippen LogP contribution < -0.4 is 4.72 Å². The maximum atomic E-state index is 12.4. The van der Waals surface area contributed by atoms with Gasteiger partial charge in [0.15, 0.2) is 0 Å². The number of para-hydroxylation sites is 1. The number of benzene rings is 2. The summed E-state index contributed by atoms with van der Waals surface area (Å²) in [5, 5.41) is 12.4. The Morgan fingerprint density at radius 1 is 1.23 bits per heavy atom. The van der Waals surface area contributed by atoms with Gasteiger partial charge in [-0.05, 0) is 30.7 Å². The molecule has 0 saturated heterocycles. The van der Waals surface area contributed by atoms with E-state index >= 15 is 0 Å². The molecule has 0 atom stereocenters. The predicted molar refractivity (Wildman–Crippen MR) is 85.8 cm³/mol. The third-order valence-electron chi connectivity index (χ3n) is 3.09. The molecule has 2 N–H and O–H groups in total. The number of nitrogens with one attached hydrogen (secondary N) is 1. The van der Waals surface area contributed by atoms with Crippen LogP contribution in [0.1, 0.15) is 25.3 Å². The fraction of sp³-hybridized carbons (Fsp3) is 0.188. The molecule has 0 unspecified atom stereocenters. The molecule has 0 aliphatic rings. The largest absolute Gasteiger partial charge is 0.411 e. The van der Waals surface area contributed by atoms with E-state index in [4.69, 9.17) is 5.21 Å². The van der Waals surface area contributed by atoms with Crippen LogP contribution in [-0.2, 0) is 10.0 Å². The first-order valence-electron chi connectivity index (χ1n) is 6.87. The Hall–Kier alpha value is -2.34. The van der Waals surface area contributed by atoms with E-state index in [1.165, 1.54) is 24.3 Å². The highest BCUT2D eigenvalue weighted by atomic mass is 32.2. The standard InChI is InChI=1S/C16H17N2O3S/c1-2-8-15(17-19)14-11-6-7-12-16(14)18-22(20,21)13-9-4-3-5-10-13/h4-7,9-12,18-19H,2,8H2,1H3/b17-15-. The van der Waals surface area contributed by atoms with Crippen molar-refractivity contribution < 1.29 is 13.6 Å². The highest BCUT2D eigenvalue weighted by Crippen LogP contribution is 2.22. The van der Waals surface area contributed by atoms with Gasteiger partial charge in [-0.15, -0.1) is 0 Å². The summed E-state index contributed by atoms with van der Waals surface area (Å²) >= 11 is 0. The van der Waals surface area contributed by atoms with Crippen molar-refractivity contribution in [3.05, 3.63) is 60.2 Å². The fourth-order valence-corrected chi connectivity index (χ4v) is 3.13. The smallest absolute Gasteiger partial charge is 0.261 e. The minimum absolute atomic E-state index is 0.152. The van der Waals surface area contributed by atoms with Crippen LogP contribution in [-0.4, -0.2) is 19.3 Å². The Morgan fingerprint density at radius 3 is 2.55 bits per heavy atom. The SMILES string of the molecule is CCC/C(=N/O)c1ccccc1NS(=O)(=O)c1cc[c]cc1. The molecule has 115 valence electrons. The predicted octanol–water partition coefficient (Wildman–Crippen LogP) is 3.27. The van der Waals surface area contributed by atoms with Crippen LogP contribution in [0.3, 0.4) is 0 Å². The third-order valence-corrected chi connectivity index (χ3v) is 4.47. The molecule has 0 aliphatic heterocycles. The van der Waals surface area contributed by atoms with Gasteiger partial charge in [0.25, 0.3) is 10.0 Å². The second kappa shape index (κ2) is 7.09. The summed E-state index contributed by atoms with van der Waals surface area (Å²) < 4.78 is 27.3. The summed E-state index contributed by atoms with van der Waals surface area (Å²) in [6.45, 7) is 1.96. The van der Waals surface area contributed by atoms with E-state index < -0.39 is 10.0 Å². The number of hydrogen-bond donors (Lipinski definition) is 2. The molecule has 2 aromatic rings. The van der Waals surface area contributed by atoms with Gasteiger partial charge in [0.2, 0.25) is 0 Å². The van der Waals surface area contributed by atoms with Crippen LogP contribution in [0.4, 0.5) is 5.69 Å². The molecule has 0 amide bonds. The lowest BCUT2D eigenvalue weighted by atomic mass is 10.0. The summed E-state index contributed by atoms with van der Waals surface area (Å²) in [5.74, 6) is 0. The minimum Gasteiger partial charge on any atom is -0.411 e. The second-order valence-corrected chi connectivity index (χ2v) is 6.37. The van der Waals surface area contributed by atoms with Crippen molar-refractivity contribution in [2.24, 2.45) is 5.16 Å². The lowest BCUT2D eigenvalue weighted by molar-refractivity contribution is 0.318. The fourth-order valence-electron chi connectivity index (χ4n) is 2.05. The maximum Gasteiger partial charge on any atom is 0.261 e. The molecule has 0 spiro atoms. The Morgan fingerprint density at radius 2 is 1.91 bits per heavy atom. The van der Waals surface area contributed by atoms with E-state index in [-0.39, 0.29) is 4.90 Å². The summed E-state index contributed by atoms with van der Waals surface area (Å²) in [5.41, 5.74) is 1.40. The van der Waals surface area contributed by atoms with Crippen LogP contribution in [0.2, 0.25) is 0 Å². The number of sulfonamides is 1. The van der Waals surface area contributed by atoms with Crippen LogP contribution in [0.15, 0.2) is 58.6 Å². The molecule has 5 nitrogen and oxygen atoms in total. The highest BCUT2D eigenvalue weighted by molar-refractivity contribution is 7.92. The van der Waals surface area contributed by atoms with E-state index in [1.54, 1.807) is 24.3 Å². The van der Waals surface area contributed by atoms with Crippen molar-refractivity contribution in [2.45, 2.75) is 24.7 Å². The Balaban J connectivity index is 2.39. The van der Waals surface area contributed by atoms with E-state index in [0.29, 0.717) is 23.4 Å². The average molecular weight is 317 g/mol. The van der Waals surface area contributed by atoms with Gasteiger partial charge in [-0.2, -0.15) is 0 Å². The van der Waals surface area contributed by atoms with Crippen molar-refractivity contribution in [3.63, 3.8) is 0 Å². The molecular weight excluding hydrogens is 300 g/mol. The topological polar surface area (TPSA) is 78.8 Å². The maximum absolute atomic E-state index is 12.4. The van der Waals surface area contributed by atoms with Gasteiger partial charge < -0.3 is 5.21 Å². The van der Waals surface area contributed by atoms with E-state index in [0.717, 1.165) is 6.42 Å². The van der Waals surface area contributed by atoms with Crippen LogP contribution in [0, 0.1) is 6.07 Å². The lowest BCUT2D eigenvalue weighted by Crippen LogP contribution is -2.15. The van der Waals surface area contributed by atoms with Gasteiger partial charge in [-0.1, -0.05) is 48.8 Å². The third kappa shape index (κ3) is 3.65. The number of rotatable bonds is 6. The Labute approximate surface area is 130 Å². The van der Waals surface area contributed by atoms with Crippen molar-refractivity contribution >= 4 is 21.4 Å². The van der Waals surface area contributed by atoms with Crippen molar-refractivity contribution in [2.75, 3.05) is 4.72 Å².